The van der Waals surface area contributed by atoms with E-state index in [4.69, 9.17) is 24.4 Å². The van der Waals surface area contributed by atoms with E-state index in [0.717, 1.165) is 0 Å². The van der Waals surface area contributed by atoms with Crippen LogP contribution in [0.5, 0.6) is 23.0 Å². The maximum Gasteiger partial charge on any atom is 0.336 e. The second-order valence-electron chi connectivity index (χ2n) is 6.77. The zero-order chi connectivity index (χ0) is 21.6. The number of methoxy groups -OCH3 is 2. The summed E-state index contributed by atoms with van der Waals surface area (Å²) in [6, 6.07) is 9.97. The van der Waals surface area contributed by atoms with Gasteiger partial charge >= 0.3 is 5.63 Å². The van der Waals surface area contributed by atoms with Crippen LogP contribution < -0.4 is 25.6 Å². The smallest absolute Gasteiger partial charge is 0.336 e. The number of ether oxygens (including phenoxy) is 3. The second-order valence-corrected chi connectivity index (χ2v) is 6.77. The summed E-state index contributed by atoms with van der Waals surface area (Å²) in [5.74, 6) is -0.0357. The maximum atomic E-state index is 11.8. The zero-order valence-corrected chi connectivity index (χ0v) is 16.5. The number of aryl methyl sites for hydroxylation is 1. The van der Waals surface area contributed by atoms with Crippen molar-refractivity contribution >= 4 is 11.0 Å². The van der Waals surface area contributed by atoms with Crippen LogP contribution in [0.4, 0.5) is 0 Å². The molecule has 1 atom stereocenters. The molecule has 0 aliphatic carbocycles. The number of nitriles is 1. The Hall–Kier alpha value is -4.12. The van der Waals surface area contributed by atoms with E-state index in [-0.39, 0.29) is 28.5 Å². The number of nitrogens with zero attached hydrogens (tertiary/aromatic N) is 1. The number of hydrogen-bond acceptors (Lipinski definition) is 8. The molecule has 2 heterocycles. The Morgan fingerprint density at radius 2 is 2.00 bits per heavy atom. The average molecular weight is 406 g/mol. The van der Waals surface area contributed by atoms with Gasteiger partial charge in [0.05, 0.1) is 31.1 Å². The minimum absolute atomic E-state index is 0.110. The fourth-order valence-corrected chi connectivity index (χ4v) is 3.88. The molecule has 0 saturated carbocycles. The van der Waals surface area contributed by atoms with Crippen molar-refractivity contribution in [3.05, 3.63) is 68.9 Å². The summed E-state index contributed by atoms with van der Waals surface area (Å²) in [4.78, 5) is 11.8. The normalized spacial score (nSPS) is 15.3. The Morgan fingerprint density at radius 1 is 1.23 bits per heavy atom. The van der Waals surface area contributed by atoms with Gasteiger partial charge in [0, 0.05) is 17.7 Å². The summed E-state index contributed by atoms with van der Waals surface area (Å²) in [7, 11) is 2.99. The SMILES string of the molecule is COc1cccc([C@@H]2C(C#N)=C(N)Oc3c2c(O)cc2oc(=O)cc(C)c32)c1OC. The molecule has 1 aliphatic heterocycles. The van der Waals surface area contributed by atoms with Crippen molar-refractivity contribution < 1.29 is 23.7 Å². The number of rotatable bonds is 3. The molecule has 30 heavy (non-hydrogen) atoms. The van der Waals surface area contributed by atoms with Gasteiger partial charge in [-0.1, -0.05) is 12.1 Å². The quantitative estimate of drug-likeness (QED) is 0.635. The van der Waals surface area contributed by atoms with E-state index in [9.17, 15) is 15.2 Å². The van der Waals surface area contributed by atoms with Crippen LogP contribution in [-0.2, 0) is 0 Å². The Labute approximate surface area is 171 Å². The Balaban J connectivity index is 2.13. The van der Waals surface area contributed by atoms with Gasteiger partial charge in [0.15, 0.2) is 11.5 Å². The van der Waals surface area contributed by atoms with Crippen molar-refractivity contribution in [2.24, 2.45) is 5.73 Å². The van der Waals surface area contributed by atoms with E-state index < -0.39 is 11.5 Å². The number of fused-ring (bicyclic) bond motifs is 3. The minimum atomic E-state index is -0.792. The molecule has 0 radical (unpaired) electrons. The summed E-state index contributed by atoms with van der Waals surface area (Å²) in [5.41, 5.74) is 7.28. The fraction of sp³-hybridized carbons (Fsp3) is 0.182. The molecule has 0 amide bonds. The Kier molecular flexibility index (Phi) is 4.51. The van der Waals surface area contributed by atoms with Crippen LogP contribution >= 0.6 is 0 Å². The van der Waals surface area contributed by atoms with Gasteiger partial charge < -0.3 is 29.5 Å². The number of phenols is 1. The lowest BCUT2D eigenvalue weighted by molar-refractivity contribution is 0.348. The topological polar surface area (TPSA) is 128 Å². The predicted octanol–water partition coefficient (Wildman–Crippen LogP) is 3.04. The minimum Gasteiger partial charge on any atom is -0.507 e. The summed E-state index contributed by atoms with van der Waals surface area (Å²) >= 11 is 0. The highest BCUT2D eigenvalue weighted by Gasteiger charge is 2.37. The third kappa shape index (κ3) is 2.71. The molecule has 8 heteroatoms. The molecule has 3 N–H and O–H groups in total. The Bertz CT molecular complexity index is 1320. The van der Waals surface area contributed by atoms with Crippen LogP contribution in [0, 0.1) is 18.3 Å². The van der Waals surface area contributed by atoms with Gasteiger partial charge in [-0.15, -0.1) is 0 Å². The van der Waals surface area contributed by atoms with Crippen LogP contribution in [0.15, 0.2) is 51.0 Å². The molecule has 1 aromatic heterocycles. The van der Waals surface area contributed by atoms with Gasteiger partial charge in [0.2, 0.25) is 5.88 Å². The van der Waals surface area contributed by atoms with Crippen molar-refractivity contribution in [2.75, 3.05) is 14.2 Å². The third-order valence-electron chi connectivity index (χ3n) is 5.12. The van der Waals surface area contributed by atoms with E-state index in [1.54, 1.807) is 25.1 Å². The van der Waals surface area contributed by atoms with Crippen molar-refractivity contribution in [2.45, 2.75) is 12.8 Å². The molecule has 3 aromatic rings. The van der Waals surface area contributed by atoms with Crippen molar-refractivity contribution in [3.8, 4) is 29.1 Å². The molecular formula is C22H18N2O6. The molecule has 0 fully saturated rings. The van der Waals surface area contributed by atoms with Gasteiger partial charge in [-0.3, -0.25) is 0 Å². The summed E-state index contributed by atoms with van der Waals surface area (Å²) in [5, 5.41) is 21.2. The van der Waals surface area contributed by atoms with E-state index in [1.165, 1.54) is 26.4 Å². The maximum absolute atomic E-state index is 11.8. The molecule has 0 spiro atoms. The second kappa shape index (κ2) is 7.04. The average Bonchev–Trinajstić information content (AvgIpc) is 2.71. The van der Waals surface area contributed by atoms with Crippen molar-refractivity contribution in [3.63, 3.8) is 0 Å². The molecule has 8 nitrogen and oxygen atoms in total. The molecule has 4 rings (SSSR count). The first-order chi connectivity index (χ1) is 14.4. The van der Waals surface area contributed by atoms with E-state index in [1.807, 2.05) is 0 Å². The van der Waals surface area contributed by atoms with Crippen LogP contribution in [0.25, 0.3) is 11.0 Å². The van der Waals surface area contributed by atoms with Crippen LogP contribution in [0.3, 0.4) is 0 Å². The van der Waals surface area contributed by atoms with Gasteiger partial charge in [-0.2, -0.15) is 5.26 Å². The van der Waals surface area contributed by atoms with E-state index in [0.29, 0.717) is 33.6 Å². The highest BCUT2D eigenvalue weighted by molar-refractivity contribution is 5.91. The molecular weight excluding hydrogens is 388 g/mol. The molecule has 152 valence electrons. The molecule has 0 unspecified atom stereocenters. The lowest BCUT2D eigenvalue weighted by Gasteiger charge is -2.29. The lowest BCUT2D eigenvalue weighted by Crippen LogP contribution is -2.22. The number of benzene rings is 2. The zero-order valence-electron chi connectivity index (χ0n) is 16.5. The van der Waals surface area contributed by atoms with Crippen LogP contribution in [0.2, 0.25) is 0 Å². The monoisotopic (exact) mass is 406 g/mol. The Morgan fingerprint density at radius 3 is 2.67 bits per heavy atom. The first-order valence-electron chi connectivity index (χ1n) is 9.00. The summed E-state index contributed by atoms with van der Waals surface area (Å²) in [6.07, 6.45) is 0. The third-order valence-corrected chi connectivity index (χ3v) is 5.12. The molecule has 0 saturated heterocycles. The van der Waals surface area contributed by atoms with Gasteiger partial charge in [-0.05, 0) is 18.6 Å². The summed E-state index contributed by atoms with van der Waals surface area (Å²) in [6.45, 7) is 1.72. The van der Waals surface area contributed by atoms with Gasteiger partial charge in [0.25, 0.3) is 0 Å². The van der Waals surface area contributed by atoms with Gasteiger partial charge in [-0.25, -0.2) is 4.79 Å². The van der Waals surface area contributed by atoms with Gasteiger partial charge in [0.1, 0.15) is 28.7 Å². The largest absolute Gasteiger partial charge is 0.507 e. The van der Waals surface area contributed by atoms with Crippen molar-refractivity contribution in [1.82, 2.24) is 0 Å². The van der Waals surface area contributed by atoms with Crippen molar-refractivity contribution in [1.29, 1.82) is 5.26 Å². The predicted molar refractivity (Wildman–Crippen MR) is 108 cm³/mol. The number of hydrogen-bond donors (Lipinski definition) is 2. The van der Waals surface area contributed by atoms with E-state index >= 15 is 0 Å². The fourth-order valence-electron chi connectivity index (χ4n) is 3.88. The summed E-state index contributed by atoms with van der Waals surface area (Å²) < 4.78 is 21.9. The first-order valence-corrected chi connectivity index (χ1v) is 9.00. The van der Waals surface area contributed by atoms with Crippen LogP contribution in [-0.4, -0.2) is 19.3 Å². The number of aromatic hydroxyl groups is 1. The number of para-hydroxylation sites is 1. The highest BCUT2D eigenvalue weighted by Crippen LogP contribution is 2.52. The first kappa shape index (κ1) is 19.2. The highest BCUT2D eigenvalue weighted by atomic mass is 16.5. The van der Waals surface area contributed by atoms with E-state index in [2.05, 4.69) is 6.07 Å². The molecule has 2 aromatic carbocycles. The number of phenolic OH excluding ortho intramolecular Hbond substituents is 1. The number of allylic oxidation sites excluding steroid dienone is 1. The number of nitrogens with two attached hydrogens (primary N) is 1. The molecule has 1 aliphatic rings. The lowest BCUT2D eigenvalue weighted by atomic mass is 9.81. The van der Waals surface area contributed by atoms with Crippen LogP contribution in [0.1, 0.15) is 22.6 Å². The standard InChI is InChI=1S/C22H18N2O6/c1-10-7-16(26)29-15-8-13(25)19-18(11-5-4-6-14(27-2)20(11)28-3)12(9-23)22(24)30-21(19)17(10)15/h4-8,18,25H,24H2,1-3H3/t18-/m1/s1. The molecule has 0 bridgehead atoms.